The molecule has 4 nitrogen and oxygen atoms in total. The summed E-state index contributed by atoms with van der Waals surface area (Å²) in [5.41, 5.74) is -0.451. The van der Waals surface area contributed by atoms with Crippen LogP contribution < -0.4 is 10.6 Å². The molecule has 2 aromatic rings. The number of aromatic nitrogens is 2. The minimum absolute atomic E-state index is 0.0136. The lowest BCUT2D eigenvalue weighted by Crippen LogP contribution is -2.17. The molecule has 0 bridgehead atoms. The van der Waals surface area contributed by atoms with Gasteiger partial charge in [-0.05, 0) is 31.5 Å². The standard InChI is InChI=1S/C15H16F4N4/c1-9(2)21-14-22-12(15(17,18)19)7-13(23-14)20-8-10-4-3-5-11(16)6-10/h3-7,9H,8H2,1-2H3,(H2,20,21,22,23). The molecule has 0 unspecified atom stereocenters. The van der Waals surface area contributed by atoms with Gasteiger partial charge in [0.1, 0.15) is 11.6 Å². The maximum atomic E-state index is 13.1. The Hall–Kier alpha value is -2.38. The van der Waals surface area contributed by atoms with Crippen molar-refractivity contribution in [1.82, 2.24) is 9.97 Å². The number of hydrogen-bond acceptors (Lipinski definition) is 4. The summed E-state index contributed by atoms with van der Waals surface area (Å²) in [7, 11) is 0. The molecule has 0 atom stereocenters. The SMILES string of the molecule is CC(C)Nc1nc(NCc2cccc(F)c2)cc(C(F)(F)F)n1. The van der Waals surface area contributed by atoms with E-state index >= 15 is 0 Å². The predicted octanol–water partition coefficient (Wildman–Crippen LogP) is 4.07. The maximum Gasteiger partial charge on any atom is 0.433 e. The number of rotatable bonds is 5. The first-order valence-electron chi connectivity index (χ1n) is 6.95. The molecular weight excluding hydrogens is 312 g/mol. The van der Waals surface area contributed by atoms with E-state index in [1.807, 2.05) is 0 Å². The van der Waals surface area contributed by atoms with E-state index in [9.17, 15) is 17.6 Å². The largest absolute Gasteiger partial charge is 0.433 e. The lowest BCUT2D eigenvalue weighted by Gasteiger charge is -2.14. The Morgan fingerprint density at radius 1 is 1.13 bits per heavy atom. The lowest BCUT2D eigenvalue weighted by atomic mass is 10.2. The van der Waals surface area contributed by atoms with Crippen LogP contribution in [0.15, 0.2) is 30.3 Å². The van der Waals surface area contributed by atoms with Crippen LogP contribution in [0.1, 0.15) is 25.1 Å². The van der Waals surface area contributed by atoms with E-state index < -0.39 is 17.7 Å². The lowest BCUT2D eigenvalue weighted by molar-refractivity contribution is -0.141. The van der Waals surface area contributed by atoms with Gasteiger partial charge in [0, 0.05) is 18.7 Å². The fourth-order valence-electron chi connectivity index (χ4n) is 1.85. The smallest absolute Gasteiger partial charge is 0.366 e. The van der Waals surface area contributed by atoms with Crippen molar-refractivity contribution in [2.24, 2.45) is 0 Å². The van der Waals surface area contributed by atoms with Crippen molar-refractivity contribution in [1.29, 1.82) is 0 Å². The number of hydrogen-bond donors (Lipinski definition) is 2. The monoisotopic (exact) mass is 328 g/mol. The van der Waals surface area contributed by atoms with Crippen molar-refractivity contribution < 1.29 is 17.6 Å². The first-order chi connectivity index (χ1) is 10.7. The zero-order valence-corrected chi connectivity index (χ0v) is 12.6. The van der Waals surface area contributed by atoms with Crippen molar-refractivity contribution in [2.45, 2.75) is 32.6 Å². The average Bonchev–Trinajstić information content (AvgIpc) is 2.43. The van der Waals surface area contributed by atoms with Gasteiger partial charge in [-0.15, -0.1) is 0 Å². The van der Waals surface area contributed by atoms with Crippen molar-refractivity contribution in [3.05, 3.63) is 47.4 Å². The quantitative estimate of drug-likeness (QED) is 0.813. The molecule has 1 aromatic heterocycles. The molecule has 0 spiro atoms. The van der Waals surface area contributed by atoms with Crippen LogP contribution in [0, 0.1) is 5.82 Å². The van der Waals surface area contributed by atoms with Gasteiger partial charge in [0.2, 0.25) is 5.95 Å². The number of alkyl halides is 3. The van der Waals surface area contributed by atoms with E-state index in [4.69, 9.17) is 0 Å². The molecule has 0 saturated heterocycles. The van der Waals surface area contributed by atoms with Crippen LogP contribution in [0.3, 0.4) is 0 Å². The molecule has 1 heterocycles. The van der Waals surface area contributed by atoms with E-state index in [0.29, 0.717) is 5.56 Å². The van der Waals surface area contributed by atoms with Crippen LogP contribution in [0.2, 0.25) is 0 Å². The highest BCUT2D eigenvalue weighted by atomic mass is 19.4. The van der Waals surface area contributed by atoms with Gasteiger partial charge in [-0.1, -0.05) is 12.1 Å². The number of benzene rings is 1. The zero-order chi connectivity index (χ0) is 17.0. The number of nitrogens with zero attached hydrogens (tertiary/aromatic N) is 2. The van der Waals surface area contributed by atoms with Crippen LogP contribution in [0.25, 0.3) is 0 Å². The third-order valence-electron chi connectivity index (χ3n) is 2.80. The van der Waals surface area contributed by atoms with Gasteiger partial charge in [0.05, 0.1) is 0 Å². The molecule has 0 saturated carbocycles. The summed E-state index contributed by atoms with van der Waals surface area (Å²) in [6.45, 7) is 3.68. The number of anilines is 2. The third-order valence-corrected chi connectivity index (χ3v) is 2.80. The van der Waals surface area contributed by atoms with Crippen molar-refractivity contribution in [3.63, 3.8) is 0 Å². The van der Waals surface area contributed by atoms with Gasteiger partial charge in [0.15, 0.2) is 5.69 Å². The number of nitrogens with one attached hydrogen (secondary N) is 2. The van der Waals surface area contributed by atoms with E-state index in [0.717, 1.165) is 6.07 Å². The molecule has 124 valence electrons. The van der Waals surface area contributed by atoms with Gasteiger partial charge in [-0.3, -0.25) is 0 Å². The summed E-state index contributed by atoms with van der Waals surface area (Å²) < 4.78 is 51.8. The van der Waals surface area contributed by atoms with E-state index in [1.165, 1.54) is 18.2 Å². The summed E-state index contributed by atoms with van der Waals surface area (Å²) in [6, 6.07) is 6.49. The Balaban J connectivity index is 2.22. The highest BCUT2D eigenvalue weighted by Gasteiger charge is 2.33. The fraction of sp³-hybridized carbons (Fsp3) is 0.333. The molecule has 0 aliphatic heterocycles. The Morgan fingerprint density at radius 2 is 1.87 bits per heavy atom. The van der Waals surface area contributed by atoms with Crippen LogP contribution in [0.5, 0.6) is 0 Å². The summed E-state index contributed by atoms with van der Waals surface area (Å²) in [5.74, 6) is -0.513. The second-order valence-electron chi connectivity index (χ2n) is 5.24. The average molecular weight is 328 g/mol. The van der Waals surface area contributed by atoms with Crippen LogP contribution in [0.4, 0.5) is 29.3 Å². The highest BCUT2D eigenvalue weighted by Crippen LogP contribution is 2.29. The van der Waals surface area contributed by atoms with E-state index in [1.54, 1.807) is 19.9 Å². The molecular formula is C15H16F4N4. The van der Waals surface area contributed by atoms with Crippen LogP contribution in [-0.2, 0) is 12.7 Å². The molecule has 23 heavy (non-hydrogen) atoms. The number of halogens is 4. The Bertz CT molecular complexity index is 671. The normalized spacial score (nSPS) is 11.6. The van der Waals surface area contributed by atoms with Crippen LogP contribution in [-0.4, -0.2) is 16.0 Å². The minimum Gasteiger partial charge on any atom is -0.366 e. The highest BCUT2D eigenvalue weighted by molar-refractivity contribution is 5.44. The summed E-state index contributed by atoms with van der Waals surface area (Å²) in [6.07, 6.45) is -4.58. The van der Waals surface area contributed by atoms with Crippen LogP contribution >= 0.6 is 0 Å². The second-order valence-corrected chi connectivity index (χ2v) is 5.24. The second kappa shape index (κ2) is 6.80. The van der Waals surface area contributed by atoms with E-state index in [-0.39, 0.29) is 24.4 Å². The molecule has 0 amide bonds. The molecule has 0 aliphatic rings. The fourth-order valence-corrected chi connectivity index (χ4v) is 1.85. The topological polar surface area (TPSA) is 49.8 Å². The molecule has 0 aliphatic carbocycles. The Kier molecular flexibility index (Phi) is 5.02. The summed E-state index contributed by atoms with van der Waals surface area (Å²) >= 11 is 0. The van der Waals surface area contributed by atoms with Gasteiger partial charge >= 0.3 is 6.18 Å². The van der Waals surface area contributed by atoms with Crippen molar-refractivity contribution in [3.8, 4) is 0 Å². The zero-order valence-electron chi connectivity index (χ0n) is 12.6. The molecule has 0 fully saturated rings. The molecule has 0 radical (unpaired) electrons. The van der Waals surface area contributed by atoms with Gasteiger partial charge in [-0.2, -0.15) is 18.2 Å². The molecule has 2 N–H and O–H groups in total. The predicted molar refractivity (Wildman–Crippen MR) is 79.5 cm³/mol. The summed E-state index contributed by atoms with van der Waals surface area (Å²) in [5, 5.41) is 5.50. The van der Waals surface area contributed by atoms with Gasteiger partial charge in [-0.25, -0.2) is 9.37 Å². The molecule has 8 heteroatoms. The third kappa shape index (κ3) is 5.08. The maximum absolute atomic E-state index is 13.1. The Labute approximate surface area is 131 Å². The molecule has 1 aromatic carbocycles. The van der Waals surface area contributed by atoms with Crippen molar-refractivity contribution in [2.75, 3.05) is 10.6 Å². The van der Waals surface area contributed by atoms with E-state index in [2.05, 4.69) is 20.6 Å². The first-order valence-corrected chi connectivity index (χ1v) is 6.95. The van der Waals surface area contributed by atoms with Gasteiger partial charge < -0.3 is 10.6 Å². The van der Waals surface area contributed by atoms with Crippen molar-refractivity contribution >= 4 is 11.8 Å². The Morgan fingerprint density at radius 3 is 2.48 bits per heavy atom. The minimum atomic E-state index is -4.58. The van der Waals surface area contributed by atoms with Gasteiger partial charge in [0.25, 0.3) is 0 Å². The summed E-state index contributed by atoms with van der Waals surface area (Å²) in [4.78, 5) is 7.46. The molecule has 2 rings (SSSR count). The first kappa shape index (κ1) is 17.0.